The molecule has 0 aliphatic rings. The molecule has 18 heavy (non-hydrogen) atoms. The standard InChI is InChI=1S/C13H12BrNS3/c1-7-5-8(14)13(17-7)12(15-2)11-6-10-9(18-11)3-4-16-10/h3-6,12,15H,1-2H3. The Morgan fingerprint density at radius 2 is 2.06 bits per heavy atom. The summed E-state index contributed by atoms with van der Waals surface area (Å²) in [4.78, 5) is 4.10. The van der Waals surface area contributed by atoms with Gasteiger partial charge >= 0.3 is 0 Å². The molecule has 3 aromatic heterocycles. The van der Waals surface area contributed by atoms with E-state index in [1.807, 2.05) is 41.1 Å². The van der Waals surface area contributed by atoms with Crippen LogP contribution in [0.1, 0.15) is 20.7 Å². The average Bonchev–Trinajstić information content (AvgIpc) is 2.95. The molecule has 1 nitrogen and oxygen atoms in total. The van der Waals surface area contributed by atoms with E-state index in [0.717, 1.165) is 0 Å². The van der Waals surface area contributed by atoms with Crippen molar-refractivity contribution in [1.82, 2.24) is 5.32 Å². The largest absolute Gasteiger partial charge is 0.308 e. The molecule has 0 saturated carbocycles. The highest BCUT2D eigenvalue weighted by Gasteiger charge is 2.20. The molecule has 94 valence electrons. The lowest BCUT2D eigenvalue weighted by Crippen LogP contribution is -2.15. The molecule has 3 aromatic rings. The van der Waals surface area contributed by atoms with E-state index in [9.17, 15) is 0 Å². The maximum absolute atomic E-state index is 3.67. The summed E-state index contributed by atoms with van der Waals surface area (Å²) >= 11 is 9.22. The van der Waals surface area contributed by atoms with Gasteiger partial charge in [-0.05, 0) is 53.5 Å². The molecule has 5 heteroatoms. The number of fused-ring (bicyclic) bond motifs is 1. The molecule has 0 amide bonds. The first kappa shape index (κ1) is 12.8. The van der Waals surface area contributed by atoms with Crippen molar-refractivity contribution < 1.29 is 0 Å². The van der Waals surface area contributed by atoms with Crippen molar-refractivity contribution in [2.75, 3.05) is 7.05 Å². The second-order valence-corrected chi connectivity index (χ2v) is 8.29. The summed E-state index contributed by atoms with van der Waals surface area (Å²) < 4.78 is 3.99. The minimum Gasteiger partial charge on any atom is -0.308 e. The van der Waals surface area contributed by atoms with E-state index in [4.69, 9.17) is 0 Å². The van der Waals surface area contributed by atoms with Gasteiger partial charge in [0.1, 0.15) is 0 Å². The molecule has 0 bridgehead atoms. The van der Waals surface area contributed by atoms with Crippen LogP contribution in [0.3, 0.4) is 0 Å². The summed E-state index contributed by atoms with van der Waals surface area (Å²) in [5.74, 6) is 0. The van der Waals surface area contributed by atoms with Gasteiger partial charge in [0.2, 0.25) is 0 Å². The first-order valence-corrected chi connectivity index (χ1v) is 8.89. The Bertz CT molecular complexity index is 651. The molecule has 0 radical (unpaired) electrons. The summed E-state index contributed by atoms with van der Waals surface area (Å²) in [5.41, 5.74) is 0. The number of hydrogen-bond donors (Lipinski definition) is 1. The maximum Gasteiger partial charge on any atom is 0.0774 e. The van der Waals surface area contributed by atoms with E-state index in [1.165, 1.54) is 28.5 Å². The Morgan fingerprint density at radius 1 is 1.22 bits per heavy atom. The van der Waals surface area contributed by atoms with Crippen LogP contribution in [0.25, 0.3) is 9.40 Å². The smallest absolute Gasteiger partial charge is 0.0774 e. The normalized spacial score (nSPS) is 13.3. The summed E-state index contributed by atoms with van der Waals surface area (Å²) in [7, 11) is 2.03. The molecular formula is C13H12BrNS3. The monoisotopic (exact) mass is 357 g/mol. The second kappa shape index (κ2) is 5.06. The lowest BCUT2D eigenvalue weighted by atomic mass is 10.2. The molecule has 0 aliphatic carbocycles. The summed E-state index contributed by atoms with van der Waals surface area (Å²) in [6.07, 6.45) is 0. The van der Waals surface area contributed by atoms with Crippen LogP contribution in [-0.2, 0) is 0 Å². The predicted octanol–water partition coefficient (Wildman–Crippen LogP) is 5.40. The van der Waals surface area contributed by atoms with E-state index in [1.54, 1.807) is 0 Å². The minimum absolute atomic E-state index is 0.294. The predicted molar refractivity (Wildman–Crippen MR) is 87.4 cm³/mol. The van der Waals surface area contributed by atoms with Gasteiger partial charge in [0, 0.05) is 28.5 Å². The Labute approximate surface area is 127 Å². The van der Waals surface area contributed by atoms with Crippen LogP contribution in [0.15, 0.2) is 28.1 Å². The van der Waals surface area contributed by atoms with E-state index < -0.39 is 0 Å². The van der Waals surface area contributed by atoms with Gasteiger partial charge in [0.05, 0.1) is 6.04 Å². The van der Waals surface area contributed by atoms with E-state index in [0.29, 0.717) is 6.04 Å². The lowest BCUT2D eigenvalue weighted by molar-refractivity contribution is 0.714. The minimum atomic E-state index is 0.294. The number of rotatable bonds is 3. The van der Waals surface area contributed by atoms with Crippen molar-refractivity contribution >= 4 is 59.3 Å². The molecule has 0 aromatic carbocycles. The van der Waals surface area contributed by atoms with Crippen LogP contribution in [0.4, 0.5) is 0 Å². The fourth-order valence-electron chi connectivity index (χ4n) is 2.03. The SMILES string of the molecule is CNC(c1cc2sccc2s1)c1sc(C)cc1Br. The maximum atomic E-state index is 3.67. The van der Waals surface area contributed by atoms with E-state index in [-0.39, 0.29) is 0 Å². The number of nitrogens with one attached hydrogen (secondary N) is 1. The van der Waals surface area contributed by atoms with Gasteiger partial charge in [-0.25, -0.2) is 0 Å². The molecule has 1 unspecified atom stereocenters. The third-order valence-corrected chi connectivity index (χ3v) is 7.02. The number of aryl methyl sites for hydroxylation is 1. The van der Waals surface area contributed by atoms with Crippen molar-refractivity contribution in [2.24, 2.45) is 0 Å². The van der Waals surface area contributed by atoms with Crippen LogP contribution < -0.4 is 5.32 Å². The first-order valence-electron chi connectivity index (χ1n) is 5.59. The van der Waals surface area contributed by atoms with E-state index >= 15 is 0 Å². The van der Waals surface area contributed by atoms with Gasteiger partial charge in [-0.3, -0.25) is 0 Å². The second-order valence-electron chi connectivity index (χ2n) is 4.09. The zero-order valence-electron chi connectivity index (χ0n) is 9.99. The Kier molecular flexibility index (Phi) is 3.60. The van der Waals surface area contributed by atoms with Gasteiger partial charge in [0.15, 0.2) is 0 Å². The van der Waals surface area contributed by atoms with Gasteiger partial charge < -0.3 is 5.32 Å². The van der Waals surface area contributed by atoms with Crippen molar-refractivity contribution in [3.05, 3.63) is 42.7 Å². The molecule has 3 heterocycles. The van der Waals surface area contributed by atoms with Gasteiger partial charge in [-0.2, -0.15) is 0 Å². The summed E-state index contributed by atoms with van der Waals surface area (Å²) in [5, 5.41) is 5.59. The highest BCUT2D eigenvalue weighted by molar-refractivity contribution is 9.10. The zero-order chi connectivity index (χ0) is 12.7. The third-order valence-electron chi connectivity index (χ3n) is 2.83. The number of halogens is 1. The lowest BCUT2D eigenvalue weighted by Gasteiger charge is -2.13. The van der Waals surface area contributed by atoms with Gasteiger partial charge in [-0.15, -0.1) is 34.0 Å². The summed E-state index contributed by atoms with van der Waals surface area (Å²) in [6, 6.07) is 7.01. The molecule has 3 rings (SSSR count). The molecule has 0 fully saturated rings. The molecule has 1 N–H and O–H groups in total. The molecule has 0 spiro atoms. The highest BCUT2D eigenvalue weighted by Crippen LogP contribution is 2.40. The van der Waals surface area contributed by atoms with Crippen LogP contribution in [0.5, 0.6) is 0 Å². The Balaban J connectivity index is 2.06. The fourth-order valence-corrected chi connectivity index (χ4v) is 6.35. The fraction of sp³-hybridized carbons (Fsp3) is 0.231. The molecule has 0 saturated heterocycles. The zero-order valence-corrected chi connectivity index (χ0v) is 14.0. The first-order chi connectivity index (χ1) is 8.69. The van der Waals surface area contributed by atoms with Gasteiger partial charge in [-0.1, -0.05) is 0 Å². The third kappa shape index (κ3) is 2.18. The average molecular weight is 358 g/mol. The summed E-state index contributed by atoms with van der Waals surface area (Å²) in [6.45, 7) is 2.15. The van der Waals surface area contributed by atoms with Crippen molar-refractivity contribution in [3.8, 4) is 0 Å². The van der Waals surface area contributed by atoms with Crippen molar-refractivity contribution in [3.63, 3.8) is 0 Å². The molecule has 0 aliphatic heterocycles. The van der Waals surface area contributed by atoms with Gasteiger partial charge in [0.25, 0.3) is 0 Å². The van der Waals surface area contributed by atoms with Crippen LogP contribution in [0, 0.1) is 6.92 Å². The van der Waals surface area contributed by atoms with Crippen LogP contribution in [0.2, 0.25) is 0 Å². The molecular weight excluding hydrogens is 346 g/mol. The van der Waals surface area contributed by atoms with Crippen LogP contribution in [-0.4, -0.2) is 7.05 Å². The Morgan fingerprint density at radius 3 is 2.67 bits per heavy atom. The number of hydrogen-bond acceptors (Lipinski definition) is 4. The van der Waals surface area contributed by atoms with E-state index in [2.05, 4.69) is 51.7 Å². The number of thiophene rings is 3. The van der Waals surface area contributed by atoms with Crippen molar-refractivity contribution in [2.45, 2.75) is 13.0 Å². The van der Waals surface area contributed by atoms with Crippen LogP contribution >= 0.6 is 49.9 Å². The quantitative estimate of drug-likeness (QED) is 0.661. The molecule has 1 atom stereocenters. The Hall–Kier alpha value is -0.200. The topological polar surface area (TPSA) is 12.0 Å². The van der Waals surface area contributed by atoms with Crippen molar-refractivity contribution in [1.29, 1.82) is 0 Å². The highest BCUT2D eigenvalue weighted by atomic mass is 79.9.